The third-order valence-corrected chi connectivity index (χ3v) is 2.90. The van der Waals surface area contributed by atoms with Gasteiger partial charge in [-0.2, -0.15) is 4.98 Å². The van der Waals surface area contributed by atoms with Gasteiger partial charge in [-0.1, -0.05) is 19.0 Å². The molecule has 0 aliphatic heterocycles. The number of aryl methyl sites for hydroxylation is 1. The van der Waals surface area contributed by atoms with E-state index in [9.17, 15) is 9.59 Å². The summed E-state index contributed by atoms with van der Waals surface area (Å²) in [5.74, 6) is 0.0837. The minimum atomic E-state index is -1.14. The van der Waals surface area contributed by atoms with Crippen LogP contribution >= 0.6 is 0 Å². The molecule has 0 aliphatic rings. The molecule has 8 nitrogen and oxygen atoms in total. The smallest absolute Gasteiger partial charge is 0.371 e. The Balaban J connectivity index is 1.76. The van der Waals surface area contributed by atoms with Crippen molar-refractivity contribution in [3.63, 3.8) is 0 Å². The van der Waals surface area contributed by atoms with Gasteiger partial charge in [0.05, 0.1) is 6.54 Å². The van der Waals surface area contributed by atoms with E-state index in [0.717, 1.165) is 0 Å². The number of amides is 1. The summed E-state index contributed by atoms with van der Waals surface area (Å²) in [5, 5.41) is 15.2. The molecular formula is C14H17N3O5. The molecule has 0 saturated carbocycles. The average molecular weight is 307 g/mol. The fourth-order valence-electron chi connectivity index (χ4n) is 1.69. The summed E-state index contributed by atoms with van der Waals surface area (Å²) in [6, 6.07) is 2.85. The third kappa shape index (κ3) is 4.18. The van der Waals surface area contributed by atoms with E-state index in [4.69, 9.17) is 14.0 Å². The Labute approximate surface area is 126 Å². The molecule has 0 saturated heterocycles. The Kier molecular flexibility index (Phi) is 4.92. The van der Waals surface area contributed by atoms with E-state index in [2.05, 4.69) is 15.5 Å². The van der Waals surface area contributed by atoms with E-state index >= 15 is 0 Å². The van der Waals surface area contributed by atoms with Crippen LogP contribution in [0.4, 0.5) is 0 Å². The number of carbonyl (C=O) groups excluding carboxylic acids is 1. The van der Waals surface area contributed by atoms with Crippen LogP contribution in [-0.2, 0) is 17.8 Å². The molecular weight excluding hydrogens is 290 g/mol. The summed E-state index contributed by atoms with van der Waals surface area (Å²) in [6.07, 6.45) is 0.552. The molecule has 118 valence electrons. The summed E-state index contributed by atoms with van der Waals surface area (Å²) in [6.45, 7) is 4.04. The van der Waals surface area contributed by atoms with Crippen molar-refractivity contribution in [3.05, 3.63) is 35.4 Å². The van der Waals surface area contributed by atoms with Crippen LogP contribution in [0.5, 0.6) is 0 Å². The Morgan fingerprint density at radius 1 is 1.36 bits per heavy atom. The summed E-state index contributed by atoms with van der Waals surface area (Å²) < 4.78 is 10.1. The van der Waals surface area contributed by atoms with Crippen molar-refractivity contribution in [1.82, 2.24) is 15.5 Å². The monoisotopic (exact) mass is 307 g/mol. The molecule has 1 amide bonds. The molecule has 22 heavy (non-hydrogen) atoms. The van der Waals surface area contributed by atoms with Crippen LogP contribution in [0.15, 0.2) is 21.1 Å². The highest BCUT2D eigenvalue weighted by molar-refractivity contribution is 5.84. The first-order chi connectivity index (χ1) is 10.5. The maximum atomic E-state index is 11.7. The van der Waals surface area contributed by atoms with Crippen LogP contribution in [0.25, 0.3) is 0 Å². The van der Waals surface area contributed by atoms with E-state index in [1.54, 1.807) is 0 Å². The zero-order valence-corrected chi connectivity index (χ0v) is 12.3. The van der Waals surface area contributed by atoms with Crippen LogP contribution in [0.2, 0.25) is 0 Å². The second kappa shape index (κ2) is 6.88. The van der Waals surface area contributed by atoms with Crippen LogP contribution in [0.3, 0.4) is 0 Å². The molecule has 2 aromatic heterocycles. The summed E-state index contributed by atoms with van der Waals surface area (Å²) in [5.41, 5.74) is 0. The zero-order chi connectivity index (χ0) is 16.1. The number of carboxylic acid groups (broad SMARTS) is 1. The lowest BCUT2D eigenvalue weighted by Crippen LogP contribution is -2.22. The maximum absolute atomic E-state index is 11.7. The second-order valence-corrected chi connectivity index (χ2v) is 5.05. The number of nitrogens with one attached hydrogen (secondary N) is 1. The van der Waals surface area contributed by atoms with E-state index < -0.39 is 5.97 Å². The van der Waals surface area contributed by atoms with E-state index in [0.29, 0.717) is 23.9 Å². The Morgan fingerprint density at radius 3 is 2.73 bits per heavy atom. The maximum Gasteiger partial charge on any atom is 0.371 e. The minimum absolute atomic E-state index is 0.132. The first-order valence-electron chi connectivity index (χ1n) is 6.87. The van der Waals surface area contributed by atoms with Crippen LogP contribution in [0, 0.1) is 0 Å². The van der Waals surface area contributed by atoms with Crippen LogP contribution in [-0.4, -0.2) is 27.1 Å². The topological polar surface area (TPSA) is 118 Å². The second-order valence-electron chi connectivity index (χ2n) is 5.05. The molecule has 2 N–H and O–H groups in total. The average Bonchev–Trinajstić information content (AvgIpc) is 3.12. The van der Waals surface area contributed by atoms with E-state index in [1.807, 2.05) is 13.8 Å². The molecule has 0 radical (unpaired) electrons. The van der Waals surface area contributed by atoms with Gasteiger partial charge in [0.15, 0.2) is 5.82 Å². The number of furan rings is 1. The number of aromatic nitrogens is 2. The quantitative estimate of drug-likeness (QED) is 0.799. The molecule has 0 aliphatic carbocycles. The van der Waals surface area contributed by atoms with Crippen molar-refractivity contribution in [2.45, 2.75) is 39.2 Å². The first kappa shape index (κ1) is 15.7. The highest BCUT2D eigenvalue weighted by Crippen LogP contribution is 2.11. The Hall–Kier alpha value is -2.64. The van der Waals surface area contributed by atoms with Gasteiger partial charge >= 0.3 is 5.97 Å². The predicted molar refractivity (Wildman–Crippen MR) is 74.2 cm³/mol. The zero-order valence-electron chi connectivity index (χ0n) is 12.3. The van der Waals surface area contributed by atoms with Gasteiger partial charge in [-0.05, 0) is 12.1 Å². The fraction of sp³-hybridized carbons (Fsp3) is 0.429. The molecule has 8 heteroatoms. The number of hydrogen-bond acceptors (Lipinski definition) is 6. The Morgan fingerprint density at radius 2 is 2.14 bits per heavy atom. The minimum Gasteiger partial charge on any atom is -0.475 e. The number of carboxylic acids is 1. The molecule has 0 atom stereocenters. The first-order valence-corrected chi connectivity index (χ1v) is 6.87. The molecule has 0 unspecified atom stereocenters. The van der Waals surface area contributed by atoms with Crippen molar-refractivity contribution in [2.75, 3.05) is 0 Å². The van der Waals surface area contributed by atoms with Gasteiger partial charge < -0.3 is 19.4 Å². The highest BCUT2D eigenvalue weighted by atomic mass is 16.5. The van der Waals surface area contributed by atoms with Crippen molar-refractivity contribution in [3.8, 4) is 0 Å². The van der Waals surface area contributed by atoms with Crippen LogP contribution in [0.1, 0.15) is 54.2 Å². The largest absolute Gasteiger partial charge is 0.475 e. The summed E-state index contributed by atoms with van der Waals surface area (Å²) in [4.78, 5) is 26.6. The van der Waals surface area contributed by atoms with Gasteiger partial charge in [0, 0.05) is 18.8 Å². The molecule has 2 aromatic rings. The number of hydrogen-bond donors (Lipinski definition) is 2. The molecule has 2 rings (SSSR count). The predicted octanol–water partition coefficient (Wildman–Crippen LogP) is 1.73. The van der Waals surface area contributed by atoms with Gasteiger partial charge in [-0.15, -0.1) is 0 Å². The number of nitrogens with zero attached hydrogens (tertiary/aromatic N) is 2. The van der Waals surface area contributed by atoms with Crippen molar-refractivity contribution >= 4 is 11.9 Å². The summed E-state index contributed by atoms with van der Waals surface area (Å²) >= 11 is 0. The molecule has 2 heterocycles. The number of rotatable bonds is 7. The lowest BCUT2D eigenvalue weighted by atomic mass is 10.2. The lowest BCUT2D eigenvalue weighted by molar-refractivity contribution is -0.121. The van der Waals surface area contributed by atoms with Crippen molar-refractivity contribution in [2.24, 2.45) is 0 Å². The van der Waals surface area contributed by atoms with Gasteiger partial charge in [-0.25, -0.2) is 4.79 Å². The standard InChI is InChI=1S/C14H17N3O5/c1-8(2)13-16-12(22-17-13)6-5-11(18)15-7-9-3-4-10(21-9)14(19)20/h3-4,8H,5-7H2,1-2H3,(H,15,18)(H,19,20). The SMILES string of the molecule is CC(C)c1noc(CCC(=O)NCc2ccc(C(=O)O)o2)n1. The van der Waals surface area contributed by atoms with Crippen molar-refractivity contribution in [1.29, 1.82) is 0 Å². The van der Waals surface area contributed by atoms with Gasteiger partial charge in [0.25, 0.3) is 0 Å². The van der Waals surface area contributed by atoms with Gasteiger partial charge in [0.2, 0.25) is 17.6 Å². The molecule has 0 spiro atoms. The van der Waals surface area contributed by atoms with Crippen LogP contribution < -0.4 is 5.32 Å². The number of carbonyl (C=O) groups is 2. The molecule has 0 bridgehead atoms. The Bertz CT molecular complexity index is 659. The van der Waals surface area contributed by atoms with E-state index in [1.165, 1.54) is 12.1 Å². The molecule has 0 fully saturated rings. The number of aromatic carboxylic acids is 1. The fourth-order valence-corrected chi connectivity index (χ4v) is 1.69. The van der Waals surface area contributed by atoms with E-state index in [-0.39, 0.29) is 30.6 Å². The lowest BCUT2D eigenvalue weighted by Gasteiger charge is -2.01. The van der Waals surface area contributed by atoms with Crippen molar-refractivity contribution < 1.29 is 23.6 Å². The van der Waals surface area contributed by atoms with Gasteiger partial charge in [-0.3, -0.25) is 4.79 Å². The highest BCUT2D eigenvalue weighted by Gasteiger charge is 2.12. The molecule has 0 aromatic carbocycles. The van der Waals surface area contributed by atoms with Gasteiger partial charge in [0.1, 0.15) is 5.76 Å². The summed E-state index contributed by atoms with van der Waals surface area (Å²) in [7, 11) is 0. The third-order valence-electron chi connectivity index (χ3n) is 2.90. The normalized spacial score (nSPS) is 10.9.